The standard InChI is InChI=1S/C15H30N2O2S/c1-15(2,3)19-14(18)17-10-6-5-8-13(12-17)16-9-7-11-20-4/h13,16H,5-12H2,1-4H3. The number of hydrogen-bond acceptors (Lipinski definition) is 4. The molecular weight excluding hydrogens is 272 g/mol. The van der Waals surface area contributed by atoms with Crippen molar-refractivity contribution in [2.45, 2.75) is 58.1 Å². The largest absolute Gasteiger partial charge is 0.444 e. The van der Waals surface area contributed by atoms with E-state index in [0.717, 1.165) is 32.5 Å². The molecule has 0 spiro atoms. The maximum absolute atomic E-state index is 12.2. The van der Waals surface area contributed by atoms with Crippen LogP contribution in [0.15, 0.2) is 0 Å². The molecule has 0 aromatic heterocycles. The quantitative estimate of drug-likeness (QED) is 0.792. The van der Waals surface area contributed by atoms with Gasteiger partial charge in [-0.1, -0.05) is 6.42 Å². The molecule has 0 aromatic carbocycles. The van der Waals surface area contributed by atoms with Gasteiger partial charge in [0.15, 0.2) is 0 Å². The fourth-order valence-electron chi connectivity index (χ4n) is 2.32. The van der Waals surface area contributed by atoms with Gasteiger partial charge in [-0.05, 0) is 58.6 Å². The fraction of sp³-hybridized carbons (Fsp3) is 0.933. The highest BCUT2D eigenvalue weighted by atomic mass is 32.2. The van der Waals surface area contributed by atoms with E-state index in [1.165, 1.54) is 18.6 Å². The molecule has 1 atom stereocenters. The van der Waals surface area contributed by atoms with Crippen molar-refractivity contribution in [3.63, 3.8) is 0 Å². The Balaban J connectivity index is 2.41. The average Bonchev–Trinajstić information content (AvgIpc) is 2.58. The van der Waals surface area contributed by atoms with Gasteiger partial charge in [-0.2, -0.15) is 11.8 Å². The van der Waals surface area contributed by atoms with Crippen LogP contribution in [0.4, 0.5) is 4.79 Å². The summed E-state index contributed by atoms with van der Waals surface area (Å²) in [5, 5.41) is 3.58. The van der Waals surface area contributed by atoms with Gasteiger partial charge < -0.3 is 15.0 Å². The van der Waals surface area contributed by atoms with E-state index in [2.05, 4.69) is 11.6 Å². The van der Waals surface area contributed by atoms with Gasteiger partial charge >= 0.3 is 6.09 Å². The second-order valence-corrected chi connectivity index (χ2v) is 7.41. The zero-order valence-corrected chi connectivity index (χ0v) is 14.2. The lowest BCUT2D eigenvalue weighted by atomic mass is 10.1. The summed E-state index contributed by atoms with van der Waals surface area (Å²) in [6.07, 6.45) is 6.55. The number of hydrogen-bond donors (Lipinski definition) is 1. The smallest absolute Gasteiger partial charge is 0.410 e. The molecule has 1 amide bonds. The number of nitrogens with zero attached hydrogens (tertiary/aromatic N) is 1. The normalized spacial score (nSPS) is 20.6. The summed E-state index contributed by atoms with van der Waals surface area (Å²) >= 11 is 1.88. The topological polar surface area (TPSA) is 41.6 Å². The molecule has 1 aliphatic heterocycles. The van der Waals surface area contributed by atoms with E-state index < -0.39 is 5.60 Å². The second kappa shape index (κ2) is 8.78. The number of amides is 1. The number of ether oxygens (including phenoxy) is 1. The van der Waals surface area contributed by atoms with Gasteiger partial charge in [0.2, 0.25) is 0 Å². The lowest BCUT2D eigenvalue weighted by Crippen LogP contribution is -2.44. The van der Waals surface area contributed by atoms with Crippen molar-refractivity contribution in [1.82, 2.24) is 10.2 Å². The molecule has 20 heavy (non-hydrogen) atoms. The van der Waals surface area contributed by atoms with Crippen LogP contribution in [0.5, 0.6) is 0 Å². The van der Waals surface area contributed by atoms with Crippen molar-refractivity contribution in [2.75, 3.05) is 31.6 Å². The Bertz CT molecular complexity index is 292. The van der Waals surface area contributed by atoms with Gasteiger partial charge in [0.1, 0.15) is 5.60 Å². The summed E-state index contributed by atoms with van der Waals surface area (Å²) in [5.41, 5.74) is -0.412. The monoisotopic (exact) mass is 302 g/mol. The Kier molecular flexibility index (Phi) is 7.74. The SMILES string of the molecule is CSCCCNC1CCCCN(C(=O)OC(C)(C)C)C1. The van der Waals surface area contributed by atoms with E-state index in [9.17, 15) is 4.79 Å². The molecule has 0 aromatic rings. The van der Waals surface area contributed by atoms with Gasteiger partial charge in [0.05, 0.1) is 0 Å². The minimum Gasteiger partial charge on any atom is -0.444 e. The third-order valence-corrected chi connectivity index (χ3v) is 3.98. The summed E-state index contributed by atoms with van der Waals surface area (Å²) in [7, 11) is 0. The van der Waals surface area contributed by atoms with Crippen molar-refractivity contribution in [1.29, 1.82) is 0 Å². The van der Waals surface area contributed by atoms with Crippen LogP contribution in [-0.2, 0) is 4.74 Å². The number of carbonyl (C=O) groups excluding carboxylic acids is 1. The van der Waals surface area contributed by atoms with Gasteiger partial charge in [-0.25, -0.2) is 4.79 Å². The van der Waals surface area contributed by atoms with Gasteiger partial charge in [0.25, 0.3) is 0 Å². The van der Waals surface area contributed by atoms with Crippen molar-refractivity contribution >= 4 is 17.9 Å². The van der Waals surface area contributed by atoms with Crippen LogP contribution in [0.1, 0.15) is 46.5 Å². The molecule has 1 aliphatic rings. The van der Waals surface area contributed by atoms with E-state index in [0.29, 0.717) is 6.04 Å². The molecular formula is C15H30N2O2S. The summed E-state index contributed by atoms with van der Waals surface area (Å²) in [6, 6.07) is 0.409. The van der Waals surface area contributed by atoms with Crippen molar-refractivity contribution in [3.05, 3.63) is 0 Å². The first-order chi connectivity index (χ1) is 9.42. The van der Waals surface area contributed by atoms with Gasteiger partial charge in [-0.15, -0.1) is 0 Å². The fourth-order valence-corrected chi connectivity index (χ4v) is 2.76. The Labute approximate surface area is 128 Å². The van der Waals surface area contributed by atoms with Crippen LogP contribution >= 0.6 is 11.8 Å². The molecule has 118 valence electrons. The highest BCUT2D eigenvalue weighted by molar-refractivity contribution is 7.98. The molecule has 1 saturated heterocycles. The van der Waals surface area contributed by atoms with Crippen molar-refractivity contribution < 1.29 is 9.53 Å². The average molecular weight is 302 g/mol. The van der Waals surface area contributed by atoms with E-state index in [1.54, 1.807) is 0 Å². The highest BCUT2D eigenvalue weighted by Crippen LogP contribution is 2.15. The number of carbonyl (C=O) groups is 1. The number of nitrogens with one attached hydrogen (secondary N) is 1. The van der Waals surface area contributed by atoms with E-state index in [-0.39, 0.29) is 6.09 Å². The number of likely N-dealkylation sites (tertiary alicyclic amines) is 1. The summed E-state index contributed by atoms with van der Waals surface area (Å²) in [5.74, 6) is 1.19. The number of thioether (sulfide) groups is 1. The molecule has 1 rings (SSSR count). The van der Waals surface area contributed by atoms with Crippen LogP contribution in [-0.4, -0.2) is 54.3 Å². The predicted octanol–water partition coefficient (Wildman–Crippen LogP) is 3.12. The summed E-state index contributed by atoms with van der Waals surface area (Å²) in [4.78, 5) is 14.0. The Morgan fingerprint density at radius 3 is 2.80 bits per heavy atom. The van der Waals surface area contributed by atoms with Gasteiger partial charge in [-0.3, -0.25) is 0 Å². The third-order valence-electron chi connectivity index (χ3n) is 3.28. The highest BCUT2D eigenvalue weighted by Gasteiger charge is 2.25. The molecule has 0 saturated carbocycles. The molecule has 1 N–H and O–H groups in total. The third kappa shape index (κ3) is 7.39. The van der Waals surface area contributed by atoms with Gasteiger partial charge in [0, 0.05) is 19.1 Å². The van der Waals surface area contributed by atoms with Crippen LogP contribution in [0, 0.1) is 0 Å². The molecule has 1 unspecified atom stereocenters. The molecule has 1 heterocycles. The lowest BCUT2D eigenvalue weighted by molar-refractivity contribution is 0.0244. The second-order valence-electron chi connectivity index (χ2n) is 6.42. The number of rotatable bonds is 5. The lowest BCUT2D eigenvalue weighted by Gasteiger charge is -2.28. The first-order valence-electron chi connectivity index (χ1n) is 7.62. The Morgan fingerprint density at radius 1 is 1.40 bits per heavy atom. The van der Waals surface area contributed by atoms with E-state index >= 15 is 0 Å². The zero-order valence-electron chi connectivity index (χ0n) is 13.4. The zero-order chi connectivity index (χ0) is 15.0. The summed E-state index contributed by atoms with van der Waals surface area (Å²) < 4.78 is 5.48. The van der Waals surface area contributed by atoms with E-state index in [1.807, 2.05) is 37.4 Å². The first-order valence-corrected chi connectivity index (χ1v) is 9.02. The van der Waals surface area contributed by atoms with E-state index in [4.69, 9.17) is 4.74 Å². The summed E-state index contributed by atoms with van der Waals surface area (Å²) in [6.45, 7) is 8.38. The van der Waals surface area contributed by atoms with Crippen LogP contribution in [0.25, 0.3) is 0 Å². The Morgan fingerprint density at radius 2 is 2.15 bits per heavy atom. The molecule has 4 nitrogen and oxygen atoms in total. The molecule has 5 heteroatoms. The maximum atomic E-state index is 12.2. The predicted molar refractivity (Wildman–Crippen MR) is 86.4 cm³/mol. The minimum absolute atomic E-state index is 0.171. The first kappa shape index (κ1) is 17.6. The molecule has 0 aliphatic carbocycles. The van der Waals surface area contributed by atoms with Crippen LogP contribution < -0.4 is 5.32 Å². The van der Waals surface area contributed by atoms with Crippen molar-refractivity contribution in [3.8, 4) is 0 Å². The minimum atomic E-state index is -0.412. The van der Waals surface area contributed by atoms with Crippen molar-refractivity contribution in [2.24, 2.45) is 0 Å². The van der Waals surface area contributed by atoms with Crippen LogP contribution in [0.2, 0.25) is 0 Å². The molecule has 0 radical (unpaired) electrons. The maximum Gasteiger partial charge on any atom is 0.410 e. The Hall–Kier alpha value is -0.420. The van der Waals surface area contributed by atoms with Crippen LogP contribution in [0.3, 0.4) is 0 Å². The molecule has 0 bridgehead atoms. The molecule has 1 fully saturated rings.